The molecule has 146 valence electrons. The molecule has 28 heavy (non-hydrogen) atoms. The second-order valence-electron chi connectivity index (χ2n) is 6.57. The van der Waals surface area contributed by atoms with Gasteiger partial charge >= 0.3 is 0 Å². The van der Waals surface area contributed by atoms with E-state index in [9.17, 15) is 9.59 Å². The number of aromatic nitrogens is 4. The van der Waals surface area contributed by atoms with E-state index in [2.05, 4.69) is 25.7 Å². The number of fused-ring (bicyclic) bond motifs is 1. The van der Waals surface area contributed by atoms with Crippen molar-refractivity contribution in [2.24, 2.45) is 0 Å². The van der Waals surface area contributed by atoms with Crippen LogP contribution < -0.4 is 10.6 Å². The molecule has 0 spiro atoms. The Balaban J connectivity index is 1.53. The first-order valence-corrected chi connectivity index (χ1v) is 9.29. The number of rotatable bonds is 7. The molecule has 3 aromatic rings. The smallest absolute Gasteiger partial charge is 0.252 e. The number of nitrogens with zero attached hydrogens (tertiary/aromatic N) is 4. The van der Waals surface area contributed by atoms with E-state index in [1.807, 2.05) is 45.0 Å². The monoisotopic (exact) mass is 380 g/mol. The van der Waals surface area contributed by atoms with Gasteiger partial charge in [-0.2, -0.15) is 10.1 Å². The summed E-state index contributed by atoms with van der Waals surface area (Å²) in [6.07, 6.45) is 3.07. The first-order chi connectivity index (χ1) is 13.5. The van der Waals surface area contributed by atoms with Crippen LogP contribution in [0.15, 0.2) is 30.6 Å². The van der Waals surface area contributed by atoms with Crippen LogP contribution in [-0.2, 0) is 22.4 Å². The molecule has 0 atom stereocenters. The molecule has 0 aliphatic heterocycles. The molecule has 1 aromatic carbocycles. The Morgan fingerprint density at radius 2 is 1.93 bits per heavy atom. The molecule has 0 aliphatic rings. The number of nitrogens with one attached hydrogen (secondary N) is 2. The summed E-state index contributed by atoms with van der Waals surface area (Å²) in [5.41, 5.74) is 4.56. The lowest BCUT2D eigenvalue weighted by molar-refractivity contribution is -0.124. The number of carbonyl (C=O) groups is 2. The summed E-state index contributed by atoms with van der Waals surface area (Å²) in [7, 11) is 0. The van der Waals surface area contributed by atoms with Gasteiger partial charge in [0.25, 0.3) is 5.78 Å². The third-order valence-electron chi connectivity index (χ3n) is 4.71. The Morgan fingerprint density at radius 1 is 1.14 bits per heavy atom. The van der Waals surface area contributed by atoms with Gasteiger partial charge in [-0.3, -0.25) is 9.59 Å². The van der Waals surface area contributed by atoms with E-state index in [0.29, 0.717) is 12.2 Å². The number of anilines is 1. The molecule has 0 aliphatic carbocycles. The van der Waals surface area contributed by atoms with Gasteiger partial charge in [0.1, 0.15) is 6.33 Å². The number of benzene rings is 1. The highest BCUT2D eigenvalue weighted by molar-refractivity contribution is 5.95. The minimum absolute atomic E-state index is 0.0603. The Bertz CT molecular complexity index is 1010. The largest absolute Gasteiger partial charge is 0.347 e. The Kier molecular flexibility index (Phi) is 5.98. The van der Waals surface area contributed by atoms with E-state index in [-0.39, 0.29) is 24.8 Å². The van der Waals surface area contributed by atoms with Gasteiger partial charge in [-0.05, 0) is 43.9 Å². The lowest BCUT2D eigenvalue weighted by atomic mass is 10.1. The van der Waals surface area contributed by atoms with Gasteiger partial charge in [-0.15, -0.1) is 0 Å². The molecule has 0 saturated heterocycles. The maximum Gasteiger partial charge on any atom is 0.252 e. The van der Waals surface area contributed by atoms with Crippen LogP contribution in [0.5, 0.6) is 0 Å². The molecular formula is C20H24N6O2. The molecule has 0 saturated carbocycles. The van der Waals surface area contributed by atoms with Gasteiger partial charge in [0.05, 0.1) is 6.54 Å². The second kappa shape index (κ2) is 8.60. The first kappa shape index (κ1) is 19.5. The molecule has 2 N–H and O–H groups in total. The van der Waals surface area contributed by atoms with Crippen LogP contribution in [0.3, 0.4) is 0 Å². The number of amides is 2. The van der Waals surface area contributed by atoms with E-state index < -0.39 is 0 Å². The summed E-state index contributed by atoms with van der Waals surface area (Å²) in [4.78, 5) is 32.8. The minimum Gasteiger partial charge on any atom is -0.347 e. The van der Waals surface area contributed by atoms with Gasteiger partial charge in [0, 0.05) is 23.5 Å². The SMILES string of the molecule is CCc1ccccc1NC(=O)CNC(=O)CCc1c(C)nc2ncnn2c1C. The normalized spacial score (nSPS) is 10.8. The first-order valence-electron chi connectivity index (χ1n) is 9.29. The fourth-order valence-corrected chi connectivity index (χ4v) is 3.17. The van der Waals surface area contributed by atoms with Crippen molar-refractivity contribution in [1.82, 2.24) is 24.9 Å². The maximum absolute atomic E-state index is 12.2. The van der Waals surface area contributed by atoms with Crippen molar-refractivity contribution >= 4 is 23.3 Å². The van der Waals surface area contributed by atoms with Crippen LogP contribution in [-0.4, -0.2) is 37.9 Å². The number of para-hydroxylation sites is 1. The molecule has 8 nitrogen and oxygen atoms in total. The molecule has 0 bridgehead atoms. The fourth-order valence-electron chi connectivity index (χ4n) is 3.17. The predicted molar refractivity (Wildman–Crippen MR) is 106 cm³/mol. The minimum atomic E-state index is -0.243. The van der Waals surface area contributed by atoms with Crippen molar-refractivity contribution in [3.8, 4) is 0 Å². The Labute approximate surface area is 163 Å². The number of hydrogen-bond donors (Lipinski definition) is 2. The highest BCUT2D eigenvalue weighted by Crippen LogP contribution is 2.16. The molecule has 2 aromatic heterocycles. The van der Waals surface area contributed by atoms with Crippen molar-refractivity contribution in [3.05, 3.63) is 53.1 Å². The van der Waals surface area contributed by atoms with E-state index in [0.717, 1.165) is 34.6 Å². The summed E-state index contributed by atoms with van der Waals surface area (Å²) in [6.45, 7) is 5.80. The van der Waals surface area contributed by atoms with Gasteiger partial charge in [0.15, 0.2) is 0 Å². The zero-order chi connectivity index (χ0) is 20.1. The third-order valence-corrected chi connectivity index (χ3v) is 4.71. The predicted octanol–water partition coefficient (Wildman–Crippen LogP) is 1.99. The van der Waals surface area contributed by atoms with Crippen LogP contribution in [0.2, 0.25) is 0 Å². The average Bonchev–Trinajstić information content (AvgIpc) is 3.15. The van der Waals surface area contributed by atoms with Gasteiger partial charge in [0.2, 0.25) is 11.8 Å². The van der Waals surface area contributed by atoms with E-state index in [1.54, 1.807) is 4.52 Å². The molecule has 0 fully saturated rings. The fraction of sp³-hybridized carbons (Fsp3) is 0.350. The second-order valence-corrected chi connectivity index (χ2v) is 6.57. The molecule has 2 amide bonds. The Morgan fingerprint density at radius 3 is 2.71 bits per heavy atom. The third kappa shape index (κ3) is 4.33. The van der Waals surface area contributed by atoms with Gasteiger partial charge in [-0.1, -0.05) is 25.1 Å². The van der Waals surface area contributed by atoms with Crippen molar-refractivity contribution in [1.29, 1.82) is 0 Å². The number of hydrogen-bond acceptors (Lipinski definition) is 5. The van der Waals surface area contributed by atoms with Crippen LogP contribution in [0, 0.1) is 13.8 Å². The molecule has 0 unspecified atom stereocenters. The molecule has 3 rings (SSSR count). The van der Waals surface area contributed by atoms with E-state index >= 15 is 0 Å². The van der Waals surface area contributed by atoms with E-state index in [4.69, 9.17) is 0 Å². The summed E-state index contributed by atoms with van der Waals surface area (Å²) in [5, 5.41) is 9.67. The zero-order valence-electron chi connectivity index (χ0n) is 16.3. The van der Waals surface area contributed by atoms with Crippen molar-refractivity contribution in [2.75, 3.05) is 11.9 Å². The van der Waals surface area contributed by atoms with Crippen molar-refractivity contribution in [3.63, 3.8) is 0 Å². The average molecular weight is 380 g/mol. The molecule has 2 heterocycles. The highest BCUT2D eigenvalue weighted by Gasteiger charge is 2.13. The quantitative estimate of drug-likeness (QED) is 0.653. The Hall–Kier alpha value is -3.29. The topological polar surface area (TPSA) is 101 Å². The van der Waals surface area contributed by atoms with E-state index in [1.165, 1.54) is 6.33 Å². The van der Waals surface area contributed by atoms with Crippen LogP contribution in [0.25, 0.3) is 5.78 Å². The van der Waals surface area contributed by atoms with Crippen LogP contribution in [0.4, 0.5) is 5.69 Å². The standard InChI is InChI=1S/C20H24N6O2/c1-4-15-7-5-6-8-17(15)25-19(28)11-21-18(27)10-9-16-13(2)24-20-22-12-23-26(20)14(16)3/h5-8,12H,4,9-11H2,1-3H3,(H,21,27)(H,25,28). The van der Waals surface area contributed by atoms with Crippen molar-refractivity contribution in [2.45, 2.75) is 40.0 Å². The number of carbonyl (C=O) groups excluding carboxylic acids is 2. The summed E-state index contributed by atoms with van der Waals surface area (Å²) < 4.78 is 1.67. The lowest BCUT2D eigenvalue weighted by Crippen LogP contribution is -2.33. The van der Waals surface area contributed by atoms with Crippen LogP contribution in [0.1, 0.15) is 35.9 Å². The van der Waals surface area contributed by atoms with Gasteiger partial charge in [-0.25, -0.2) is 9.50 Å². The maximum atomic E-state index is 12.2. The summed E-state index contributed by atoms with van der Waals surface area (Å²) >= 11 is 0. The molecule has 0 radical (unpaired) electrons. The van der Waals surface area contributed by atoms with Crippen molar-refractivity contribution < 1.29 is 9.59 Å². The molecular weight excluding hydrogens is 356 g/mol. The zero-order valence-corrected chi connectivity index (χ0v) is 16.3. The molecule has 8 heteroatoms. The lowest BCUT2D eigenvalue weighted by Gasteiger charge is -2.11. The number of aryl methyl sites for hydroxylation is 3. The van der Waals surface area contributed by atoms with Crippen LogP contribution >= 0.6 is 0 Å². The van der Waals surface area contributed by atoms with Gasteiger partial charge < -0.3 is 10.6 Å². The summed E-state index contributed by atoms with van der Waals surface area (Å²) in [6, 6.07) is 7.64. The summed E-state index contributed by atoms with van der Waals surface area (Å²) in [5.74, 6) is 0.121. The highest BCUT2D eigenvalue weighted by atomic mass is 16.2.